The van der Waals surface area contributed by atoms with Gasteiger partial charge >= 0.3 is 12.1 Å². The summed E-state index contributed by atoms with van der Waals surface area (Å²) < 4.78 is 64.4. The maximum absolute atomic E-state index is 12.5. The molecule has 1 fully saturated rings. The number of rotatable bonds is 4. The lowest BCUT2D eigenvalue weighted by Crippen LogP contribution is -2.52. The molecule has 2 heterocycles. The van der Waals surface area contributed by atoms with Crippen LogP contribution in [0.15, 0.2) is 40.7 Å². The number of thiazole rings is 1. The molecule has 0 unspecified atom stereocenters. The number of halogens is 3. The third-order valence-electron chi connectivity index (χ3n) is 3.98. The number of nitrogens with one attached hydrogen (secondary N) is 1. The van der Waals surface area contributed by atoms with E-state index in [9.17, 15) is 26.4 Å². The smallest absolute Gasteiger partial charge is 0.368 e. The van der Waals surface area contributed by atoms with Crippen molar-refractivity contribution in [3.05, 3.63) is 35.8 Å². The fraction of sp³-hybridized carbons (Fsp3) is 0.333. The third-order valence-corrected chi connectivity index (χ3v) is 6.15. The molecule has 148 valence electrons. The van der Waals surface area contributed by atoms with Crippen LogP contribution in [0.1, 0.15) is 1.43 Å². The quantitative estimate of drug-likeness (QED) is 0.818. The van der Waals surface area contributed by atoms with Crippen molar-refractivity contribution in [1.82, 2.24) is 9.88 Å². The summed E-state index contributed by atoms with van der Waals surface area (Å²) in [5.74, 6) is -1.84. The van der Waals surface area contributed by atoms with E-state index in [0.717, 1.165) is 16.2 Å². The number of hydrogen-bond acceptors (Lipinski definition) is 6. The number of carbonyl (C=O) groups is 1. The molecule has 0 radical (unpaired) electrons. The van der Waals surface area contributed by atoms with Crippen LogP contribution in [0.2, 0.25) is 0 Å². The van der Waals surface area contributed by atoms with E-state index in [1.54, 1.807) is 22.4 Å². The Morgan fingerprint density at radius 2 is 1.78 bits per heavy atom. The maximum Gasteiger partial charge on any atom is 0.471 e. The van der Waals surface area contributed by atoms with Crippen molar-refractivity contribution in [2.45, 2.75) is 11.1 Å². The average molecular weight is 422 g/mol. The van der Waals surface area contributed by atoms with Crippen molar-refractivity contribution in [3.8, 4) is 0 Å². The first-order valence-corrected chi connectivity index (χ1v) is 10.2. The Hall–Kier alpha value is -2.34. The third kappa shape index (κ3) is 4.50. The van der Waals surface area contributed by atoms with Gasteiger partial charge in [-0.3, -0.25) is 9.52 Å². The van der Waals surface area contributed by atoms with Crippen molar-refractivity contribution in [3.63, 3.8) is 0 Å². The highest BCUT2D eigenvalue weighted by molar-refractivity contribution is 7.93. The number of aromatic nitrogens is 1. The molecule has 0 aliphatic carbocycles. The second kappa shape index (κ2) is 7.35. The predicted molar refractivity (Wildman–Crippen MR) is 96.3 cm³/mol. The molecule has 7 nitrogen and oxygen atoms in total. The van der Waals surface area contributed by atoms with Gasteiger partial charge in [0, 0.05) is 44.9 Å². The van der Waals surface area contributed by atoms with Gasteiger partial charge in [-0.05, 0) is 24.3 Å². The van der Waals surface area contributed by atoms with Gasteiger partial charge < -0.3 is 9.80 Å². The van der Waals surface area contributed by atoms with Gasteiger partial charge in [-0.2, -0.15) is 13.2 Å². The Morgan fingerprint density at radius 1 is 1.15 bits per heavy atom. The second-order valence-electron chi connectivity index (χ2n) is 5.71. The van der Waals surface area contributed by atoms with Crippen LogP contribution in [0.25, 0.3) is 0 Å². The van der Waals surface area contributed by atoms with Crippen LogP contribution in [-0.2, 0) is 14.8 Å². The Labute approximate surface area is 159 Å². The van der Waals surface area contributed by atoms with E-state index in [4.69, 9.17) is 0 Å². The first kappa shape index (κ1) is 19.4. The lowest BCUT2D eigenvalue weighted by Gasteiger charge is -2.36. The molecule has 2 aromatic rings. The summed E-state index contributed by atoms with van der Waals surface area (Å²) >= 11 is 1.15. The van der Waals surface area contributed by atoms with E-state index < -0.39 is 22.1 Å². The molecular formula is C15H17F3N4O3S2. The first-order valence-electron chi connectivity index (χ1n) is 7.80. The molecule has 1 amide bonds. The lowest BCUT2D eigenvalue weighted by molar-refractivity contribution is -0.185. The minimum absolute atomic E-state index is 0. The van der Waals surface area contributed by atoms with Gasteiger partial charge in [-0.25, -0.2) is 13.4 Å². The zero-order valence-corrected chi connectivity index (χ0v) is 15.4. The highest BCUT2D eigenvalue weighted by atomic mass is 32.2. The Kier molecular flexibility index (Phi) is 5.29. The number of carbonyl (C=O) groups excluding carboxylic acids is 1. The van der Waals surface area contributed by atoms with Crippen LogP contribution in [0, 0.1) is 0 Å². The van der Waals surface area contributed by atoms with Gasteiger partial charge in [0.05, 0.1) is 4.90 Å². The monoisotopic (exact) mass is 422 g/mol. The number of alkyl halides is 3. The second-order valence-corrected chi connectivity index (χ2v) is 8.29. The Morgan fingerprint density at radius 3 is 2.30 bits per heavy atom. The minimum Gasteiger partial charge on any atom is -0.368 e. The molecule has 0 atom stereocenters. The van der Waals surface area contributed by atoms with E-state index >= 15 is 0 Å². The number of hydrogen-bond donors (Lipinski definition) is 1. The molecule has 1 saturated heterocycles. The largest absolute Gasteiger partial charge is 0.471 e. The molecule has 12 heteroatoms. The molecule has 1 aliphatic rings. The van der Waals surface area contributed by atoms with E-state index in [1.807, 2.05) is 0 Å². The molecule has 1 aromatic carbocycles. The molecule has 0 saturated carbocycles. The van der Waals surface area contributed by atoms with Crippen LogP contribution in [0.5, 0.6) is 0 Å². The van der Waals surface area contributed by atoms with Crippen molar-refractivity contribution in [1.29, 1.82) is 0 Å². The fourth-order valence-electron chi connectivity index (χ4n) is 2.63. The predicted octanol–water partition coefficient (Wildman–Crippen LogP) is 2.40. The molecule has 1 aromatic heterocycles. The van der Waals surface area contributed by atoms with Crippen molar-refractivity contribution in [2.24, 2.45) is 0 Å². The van der Waals surface area contributed by atoms with E-state index in [0.29, 0.717) is 5.69 Å². The Bertz CT molecular complexity index is 898. The standard InChI is InChI=1S/C15H15F3N4O3S2.H2/c16-15(17,18)13(23)22-8-6-21(7-9-22)11-1-3-12(4-2-11)27(24,25)20-14-19-5-10-26-14;/h1-5,10H,6-9H2,(H,19,20);1H. The van der Waals surface area contributed by atoms with Crippen LogP contribution < -0.4 is 9.62 Å². The normalized spacial score (nSPS) is 15.7. The van der Waals surface area contributed by atoms with E-state index in [-0.39, 0.29) is 37.6 Å². The SMILES string of the molecule is O=C(N1CCN(c2ccc(S(=O)(=O)Nc3nccs3)cc2)CC1)C(F)(F)F.[HH]. The molecular weight excluding hydrogens is 405 g/mol. The van der Waals surface area contributed by atoms with Crippen LogP contribution in [0.3, 0.4) is 0 Å². The van der Waals surface area contributed by atoms with E-state index in [1.165, 1.54) is 18.3 Å². The van der Waals surface area contributed by atoms with E-state index in [2.05, 4.69) is 9.71 Å². The highest BCUT2D eigenvalue weighted by Gasteiger charge is 2.43. The summed E-state index contributed by atoms with van der Waals surface area (Å²) in [4.78, 5) is 17.7. The highest BCUT2D eigenvalue weighted by Crippen LogP contribution is 2.24. The topological polar surface area (TPSA) is 82.6 Å². The number of nitrogens with zero attached hydrogens (tertiary/aromatic N) is 3. The fourth-order valence-corrected chi connectivity index (χ4v) is 4.42. The minimum atomic E-state index is -4.87. The van der Waals surface area contributed by atoms with Gasteiger partial charge in [-0.15, -0.1) is 11.3 Å². The van der Waals surface area contributed by atoms with Gasteiger partial charge in [-0.1, -0.05) is 0 Å². The summed E-state index contributed by atoms with van der Waals surface area (Å²) in [7, 11) is -3.77. The number of piperazine rings is 1. The summed E-state index contributed by atoms with van der Waals surface area (Å²) in [6.07, 6.45) is -3.39. The number of sulfonamides is 1. The van der Waals surface area contributed by atoms with Crippen LogP contribution >= 0.6 is 11.3 Å². The average Bonchev–Trinajstić information content (AvgIpc) is 3.13. The molecule has 1 N–H and O–H groups in total. The summed E-state index contributed by atoms with van der Waals surface area (Å²) in [6, 6.07) is 5.99. The molecule has 0 bridgehead atoms. The van der Waals surface area contributed by atoms with Crippen molar-refractivity contribution < 1.29 is 27.8 Å². The molecule has 3 rings (SSSR count). The maximum atomic E-state index is 12.5. The van der Waals surface area contributed by atoms with Gasteiger partial charge in [0.25, 0.3) is 10.0 Å². The zero-order valence-electron chi connectivity index (χ0n) is 13.8. The van der Waals surface area contributed by atoms with Gasteiger partial charge in [0.2, 0.25) is 0 Å². The number of anilines is 2. The summed E-state index contributed by atoms with van der Waals surface area (Å²) in [5, 5.41) is 1.90. The number of amides is 1. The van der Waals surface area contributed by atoms with Crippen molar-refractivity contribution in [2.75, 3.05) is 35.8 Å². The first-order chi connectivity index (χ1) is 12.7. The summed E-state index contributed by atoms with van der Waals surface area (Å²) in [6.45, 7) is 0.352. The van der Waals surface area contributed by atoms with Crippen molar-refractivity contribution >= 4 is 38.1 Å². The zero-order chi connectivity index (χ0) is 19.7. The van der Waals surface area contributed by atoms with Crippen LogP contribution in [0.4, 0.5) is 24.0 Å². The molecule has 27 heavy (non-hydrogen) atoms. The lowest BCUT2D eigenvalue weighted by atomic mass is 10.2. The molecule has 0 spiro atoms. The van der Waals surface area contributed by atoms with Gasteiger partial charge in [0.15, 0.2) is 5.13 Å². The molecule has 1 aliphatic heterocycles. The summed E-state index contributed by atoms with van der Waals surface area (Å²) in [5.41, 5.74) is 0.669. The Balaban J connectivity index is 0.00000280. The van der Waals surface area contributed by atoms with Crippen LogP contribution in [-0.4, -0.2) is 56.6 Å². The number of benzene rings is 1. The van der Waals surface area contributed by atoms with Gasteiger partial charge in [0.1, 0.15) is 0 Å².